The van der Waals surface area contributed by atoms with Crippen molar-refractivity contribution in [2.45, 2.75) is 6.54 Å². The Bertz CT molecular complexity index is 527. The molecule has 0 fully saturated rings. The lowest BCUT2D eigenvalue weighted by Gasteiger charge is -2.05. The average Bonchev–Trinajstić information content (AvgIpc) is 2.82. The number of amides is 1. The molecule has 88 valence electrons. The minimum absolute atomic E-state index is 0.108. The topological polar surface area (TPSA) is 94.0 Å². The van der Waals surface area contributed by atoms with Gasteiger partial charge in [0, 0.05) is 6.07 Å². The number of pyridine rings is 1. The predicted molar refractivity (Wildman–Crippen MR) is 61.3 cm³/mol. The number of hydrogen-bond donors (Lipinski definition) is 2. The fourth-order valence-electron chi connectivity index (χ4n) is 1.22. The summed E-state index contributed by atoms with van der Waals surface area (Å²) in [6.45, 7) is 0.250. The molecule has 2 aromatic rings. The van der Waals surface area contributed by atoms with Crippen LogP contribution in [0.15, 0.2) is 29.1 Å². The molecule has 17 heavy (non-hydrogen) atoms. The van der Waals surface area contributed by atoms with Crippen molar-refractivity contribution in [2.24, 2.45) is 0 Å². The van der Waals surface area contributed by atoms with Crippen molar-refractivity contribution in [3.63, 3.8) is 0 Å². The molecule has 0 aromatic carbocycles. The first-order valence-electron chi connectivity index (χ1n) is 4.75. The second kappa shape index (κ2) is 4.84. The Morgan fingerprint density at radius 2 is 2.41 bits per heavy atom. The molecule has 0 radical (unpaired) electrons. The van der Waals surface area contributed by atoms with Gasteiger partial charge in [0.05, 0.1) is 24.0 Å². The average molecular weight is 253 g/mol. The van der Waals surface area contributed by atoms with Crippen molar-refractivity contribution < 1.29 is 9.32 Å². The Balaban J connectivity index is 2.07. The predicted octanol–water partition coefficient (Wildman–Crippen LogP) is 1.24. The summed E-state index contributed by atoms with van der Waals surface area (Å²) >= 11 is 5.79. The van der Waals surface area contributed by atoms with Gasteiger partial charge in [-0.15, -0.1) is 0 Å². The number of nitrogens with one attached hydrogen (secondary N) is 1. The van der Waals surface area contributed by atoms with E-state index in [1.807, 2.05) is 0 Å². The van der Waals surface area contributed by atoms with Gasteiger partial charge in [-0.3, -0.25) is 4.79 Å². The van der Waals surface area contributed by atoms with E-state index in [9.17, 15) is 4.79 Å². The lowest BCUT2D eigenvalue weighted by Crippen LogP contribution is -2.23. The molecular formula is C10H9ClN4O2. The van der Waals surface area contributed by atoms with Crippen LogP contribution in [-0.2, 0) is 6.54 Å². The summed E-state index contributed by atoms with van der Waals surface area (Å²) in [5, 5.41) is 6.39. The van der Waals surface area contributed by atoms with Gasteiger partial charge in [0.2, 0.25) is 0 Å². The van der Waals surface area contributed by atoms with E-state index in [-0.39, 0.29) is 23.2 Å². The van der Waals surface area contributed by atoms with Crippen LogP contribution >= 0.6 is 11.6 Å². The fourth-order valence-corrected chi connectivity index (χ4v) is 1.41. The van der Waals surface area contributed by atoms with E-state index in [0.717, 1.165) is 0 Å². The second-order valence-corrected chi connectivity index (χ2v) is 3.64. The number of halogens is 1. The molecule has 3 N–H and O–H groups in total. The van der Waals surface area contributed by atoms with Crippen molar-refractivity contribution in [2.75, 3.05) is 5.73 Å². The molecule has 7 heteroatoms. The standard InChI is InChI=1S/C10H9ClN4O2/c11-9-8(3-6(12)4-13-9)10(16)14-5-7-1-2-17-15-7/h1-4H,5,12H2,(H,14,16). The molecule has 2 heterocycles. The highest BCUT2D eigenvalue weighted by Crippen LogP contribution is 2.15. The summed E-state index contributed by atoms with van der Waals surface area (Å²) in [4.78, 5) is 15.6. The van der Waals surface area contributed by atoms with Gasteiger partial charge in [-0.1, -0.05) is 16.8 Å². The lowest BCUT2D eigenvalue weighted by molar-refractivity contribution is 0.0950. The maximum absolute atomic E-state index is 11.8. The molecule has 0 spiro atoms. The van der Waals surface area contributed by atoms with Crippen LogP contribution in [0.1, 0.15) is 16.1 Å². The van der Waals surface area contributed by atoms with Crippen LogP contribution in [0.2, 0.25) is 5.15 Å². The van der Waals surface area contributed by atoms with Crippen LogP contribution in [0.5, 0.6) is 0 Å². The smallest absolute Gasteiger partial charge is 0.254 e. The summed E-state index contributed by atoms with van der Waals surface area (Å²) in [6.07, 6.45) is 2.81. The largest absolute Gasteiger partial charge is 0.397 e. The van der Waals surface area contributed by atoms with Gasteiger partial charge in [-0.2, -0.15) is 0 Å². The van der Waals surface area contributed by atoms with E-state index in [1.54, 1.807) is 6.07 Å². The third-order valence-electron chi connectivity index (χ3n) is 2.03. The Labute approximate surface area is 102 Å². The van der Waals surface area contributed by atoms with Crippen LogP contribution in [0, 0.1) is 0 Å². The first-order valence-corrected chi connectivity index (χ1v) is 5.13. The molecule has 0 unspecified atom stereocenters. The van der Waals surface area contributed by atoms with E-state index < -0.39 is 0 Å². The molecule has 0 saturated carbocycles. The molecule has 2 aromatic heterocycles. The number of nitrogen functional groups attached to an aromatic ring is 1. The quantitative estimate of drug-likeness (QED) is 0.802. The molecule has 6 nitrogen and oxygen atoms in total. The number of carbonyl (C=O) groups is 1. The zero-order valence-corrected chi connectivity index (χ0v) is 9.44. The zero-order chi connectivity index (χ0) is 12.3. The normalized spacial score (nSPS) is 10.2. The molecule has 0 aliphatic heterocycles. The maximum Gasteiger partial charge on any atom is 0.254 e. The lowest BCUT2D eigenvalue weighted by atomic mass is 10.2. The van der Waals surface area contributed by atoms with Gasteiger partial charge in [0.25, 0.3) is 5.91 Å². The van der Waals surface area contributed by atoms with E-state index in [4.69, 9.17) is 17.3 Å². The van der Waals surface area contributed by atoms with Crippen molar-refractivity contribution in [1.82, 2.24) is 15.5 Å². The van der Waals surface area contributed by atoms with Gasteiger partial charge in [0.1, 0.15) is 17.1 Å². The first-order chi connectivity index (χ1) is 8.16. The molecule has 0 aliphatic carbocycles. The van der Waals surface area contributed by atoms with Gasteiger partial charge in [-0.05, 0) is 6.07 Å². The Morgan fingerprint density at radius 1 is 1.59 bits per heavy atom. The van der Waals surface area contributed by atoms with E-state index in [1.165, 1.54) is 18.5 Å². The summed E-state index contributed by atoms with van der Waals surface area (Å²) in [5.41, 5.74) is 6.75. The number of nitrogens with two attached hydrogens (primary N) is 1. The maximum atomic E-state index is 11.8. The van der Waals surface area contributed by atoms with Gasteiger partial charge in [0.15, 0.2) is 0 Å². The molecule has 0 aliphatic rings. The molecule has 0 bridgehead atoms. The summed E-state index contributed by atoms with van der Waals surface area (Å²) in [6, 6.07) is 3.12. The highest BCUT2D eigenvalue weighted by molar-refractivity contribution is 6.32. The molecule has 1 amide bonds. The Kier molecular flexibility index (Phi) is 3.24. The Morgan fingerprint density at radius 3 is 3.12 bits per heavy atom. The van der Waals surface area contributed by atoms with Gasteiger partial charge < -0.3 is 15.6 Å². The molecule has 0 saturated heterocycles. The summed E-state index contributed by atoms with van der Waals surface area (Å²) in [7, 11) is 0. The summed E-state index contributed by atoms with van der Waals surface area (Å²) < 4.78 is 4.64. The monoisotopic (exact) mass is 252 g/mol. The van der Waals surface area contributed by atoms with Crippen LogP contribution in [0.4, 0.5) is 5.69 Å². The van der Waals surface area contributed by atoms with Gasteiger partial charge >= 0.3 is 0 Å². The zero-order valence-electron chi connectivity index (χ0n) is 8.68. The first kappa shape index (κ1) is 11.4. The van der Waals surface area contributed by atoms with Crippen LogP contribution in [-0.4, -0.2) is 16.0 Å². The number of anilines is 1. The van der Waals surface area contributed by atoms with E-state index >= 15 is 0 Å². The molecule has 2 rings (SSSR count). The highest BCUT2D eigenvalue weighted by Gasteiger charge is 2.12. The highest BCUT2D eigenvalue weighted by atomic mass is 35.5. The van der Waals surface area contributed by atoms with Crippen LogP contribution in [0.25, 0.3) is 0 Å². The third-order valence-corrected chi connectivity index (χ3v) is 2.33. The number of rotatable bonds is 3. The number of carbonyl (C=O) groups excluding carboxylic acids is 1. The van der Waals surface area contributed by atoms with Crippen molar-refractivity contribution >= 4 is 23.2 Å². The van der Waals surface area contributed by atoms with Crippen molar-refractivity contribution in [3.05, 3.63) is 41.0 Å². The number of nitrogens with zero attached hydrogens (tertiary/aromatic N) is 2. The van der Waals surface area contributed by atoms with E-state index in [0.29, 0.717) is 11.4 Å². The third kappa shape index (κ3) is 2.73. The SMILES string of the molecule is Nc1cnc(Cl)c(C(=O)NCc2ccon2)c1. The van der Waals surface area contributed by atoms with Crippen LogP contribution in [0.3, 0.4) is 0 Å². The van der Waals surface area contributed by atoms with Crippen LogP contribution < -0.4 is 11.1 Å². The molecular weight excluding hydrogens is 244 g/mol. The number of aromatic nitrogens is 2. The summed E-state index contributed by atoms with van der Waals surface area (Å²) in [5.74, 6) is -0.363. The second-order valence-electron chi connectivity index (χ2n) is 3.28. The number of hydrogen-bond acceptors (Lipinski definition) is 5. The minimum Gasteiger partial charge on any atom is -0.397 e. The van der Waals surface area contributed by atoms with E-state index in [2.05, 4.69) is 20.0 Å². The van der Waals surface area contributed by atoms with Crippen molar-refractivity contribution in [1.29, 1.82) is 0 Å². The minimum atomic E-state index is -0.363. The Hall–Kier alpha value is -2.08. The molecule has 0 atom stereocenters. The van der Waals surface area contributed by atoms with Crippen molar-refractivity contribution in [3.8, 4) is 0 Å². The van der Waals surface area contributed by atoms with Gasteiger partial charge in [-0.25, -0.2) is 4.98 Å². The fraction of sp³-hybridized carbons (Fsp3) is 0.100.